The molecule has 0 aromatic heterocycles. The van der Waals surface area contributed by atoms with Crippen LogP contribution in [0.3, 0.4) is 0 Å². The minimum Gasteiger partial charge on any atom is -0.493 e. The molecule has 1 aliphatic rings. The number of halogens is 1. The van der Waals surface area contributed by atoms with E-state index in [-0.39, 0.29) is 24.4 Å². The summed E-state index contributed by atoms with van der Waals surface area (Å²) in [5.41, 5.74) is 0.972. The number of nitrogens with one attached hydrogen (secondary N) is 2. The largest absolute Gasteiger partial charge is 0.493 e. The van der Waals surface area contributed by atoms with Crippen LogP contribution in [0, 0.1) is 0 Å². The number of carbonyl (C=O) groups is 1. The molecular weight excluding hydrogens is 320 g/mol. The Morgan fingerprint density at radius 2 is 1.96 bits per heavy atom. The third-order valence-electron chi connectivity index (χ3n) is 3.86. The first-order chi connectivity index (χ1) is 10.7. The molecule has 1 unspecified atom stereocenters. The number of amides is 1. The van der Waals surface area contributed by atoms with Crippen LogP contribution in [0.15, 0.2) is 12.1 Å². The van der Waals surface area contributed by atoms with Gasteiger partial charge in [-0.1, -0.05) is 6.07 Å². The van der Waals surface area contributed by atoms with Gasteiger partial charge in [0.05, 0.1) is 27.4 Å². The summed E-state index contributed by atoms with van der Waals surface area (Å²) in [6, 6.07) is 3.73. The Balaban J connectivity index is 0.00000264. The Kier molecular flexibility index (Phi) is 7.98. The van der Waals surface area contributed by atoms with Crippen molar-refractivity contribution in [1.82, 2.24) is 10.6 Å². The van der Waals surface area contributed by atoms with Crippen molar-refractivity contribution in [2.45, 2.75) is 25.3 Å². The van der Waals surface area contributed by atoms with Crippen molar-refractivity contribution in [1.29, 1.82) is 0 Å². The molecule has 7 heteroatoms. The summed E-state index contributed by atoms with van der Waals surface area (Å²) in [5, 5.41) is 6.15. The molecule has 1 atom stereocenters. The van der Waals surface area contributed by atoms with Gasteiger partial charge in [-0.3, -0.25) is 4.79 Å². The molecule has 1 aromatic carbocycles. The molecular formula is C16H25ClN2O4. The third kappa shape index (κ3) is 4.65. The van der Waals surface area contributed by atoms with Crippen LogP contribution in [0.5, 0.6) is 17.2 Å². The fourth-order valence-corrected chi connectivity index (χ4v) is 2.71. The number of hydrogen-bond acceptors (Lipinski definition) is 5. The highest BCUT2D eigenvalue weighted by Gasteiger charge is 2.21. The van der Waals surface area contributed by atoms with E-state index in [1.54, 1.807) is 21.3 Å². The van der Waals surface area contributed by atoms with Gasteiger partial charge in [-0.05, 0) is 31.9 Å². The van der Waals surface area contributed by atoms with Gasteiger partial charge in [-0.25, -0.2) is 0 Å². The van der Waals surface area contributed by atoms with E-state index < -0.39 is 0 Å². The molecule has 2 N–H and O–H groups in total. The predicted octanol–water partition coefficient (Wildman–Crippen LogP) is 1.54. The summed E-state index contributed by atoms with van der Waals surface area (Å²) in [4.78, 5) is 12.0. The second-order valence-corrected chi connectivity index (χ2v) is 5.18. The first-order valence-electron chi connectivity index (χ1n) is 7.50. The number of rotatable bonds is 7. The van der Waals surface area contributed by atoms with E-state index in [4.69, 9.17) is 14.2 Å². The molecule has 1 heterocycles. The fourth-order valence-electron chi connectivity index (χ4n) is 2.71. The second-order valence-electron chi connectivity index (χ2n) is 5.18. The molecule has 0 saturated carbocycles. The Hall–Kier alpha value is -1.66. The molecule has 1 aromatic rings. The summed E-state index contributed by atoms with van der Waals surface area (Å²) in [6.45, 7) is 1.48. The summed E-state index contributed by atoms with van der Waals surface area (Å²) in [7, 11) is 4.77. The molecule has 1 saturated heterocycles. The molecule has 0 spiro atoms. The summed E-state index contributed by atoms with van der Waals surface area (Å²) in [6.07, 6.45) is 2.63. The van der Waals surface area contributed by atoms with Gasteiger partial charge in [0.25, 0.3) is 0 Å². The van der Waals surface area contributed by atoms with Crippen LogP contribution < -0.4 is 24.8 Å². The summed E-state index contributed by atoms with van der Waals surface area (Å²) < 4.78 is 16.1. The Labute approximate surface area is 143 Å². The highest BCUT2D eigenvalue weighted by atomic mass is 35.5. The number of benzene rings is 1. The number of methoxy groups -OCH3 is 3. The molecule has 2 rings (SSSR count). The summed E-state index contributed by atoms with van der Waals surface area (Å²) in [5.74, 6) is 1.92. The van der Waals surface area contributed by atoms with Gasteiger partial charge in [0, 0.05) is 12.1 Å². The van der Waals surface area contributed by atoms with Crippen molar-refractivity contribution >= 4 is 18.3 Å². The molecule has 6 nitrogen and oxygen atoms in total. The van der Waals surface area contributed by atoms with Crippen LogP contribution in [-0.2, 0) is 11.2 Å². The normalized spacial score (nSPS) is 16.4. The molecule has 0 bridgehead atoms. The zero-order chi connectivity index (χ0) is 15.9. The highest BCUT2D eigenvalue weighted by Crippen LogP contribution is 2.39. The lowest BCUT2D eigenvalue weighted by molar-refractivity contribution is -0.122. The standard InChI is InChI=1S/C16H24N2O4.ClH/c1-20-13-7-6-11(14(21-2)15(13)22-3)8-10-18-16(19)12-5-4-9-17-12;/h6-7,12,17H,4-5,8-10H2,1-3H3,(H,18,19);1H. The maximum absolute atomic E-state index is 12.0. The van der Waals surface area contributed by atoms with Crippen LogP contribution in [0.4, 0.5) is 0 Å². The van der Waals surface area contributed by atoms with Gasteiger partial charge >= 0.3 is 0 Å². The number of ether oxygens (including phenoxy) is 3. The van der Waals surface area contributed by atoms with Gasteiger partial charge < -0.3 is 24.8 Å². The van der Waals surface area contributed by atoms with Crippen molar-refractivity contribution in [2.24, 2.45) is 0 Å². The van der Waals surface area contributed by atoms with Crippen molar-refractivity contribution in [2.75, 3.05) is 34.4 Å². The number of carbonyl (C=O) groups excluding carboxylic acids is 1. The molecule has 1 aliphatic heterocycles. The Morgan fingerprint density at radius 1 is 1.22 bits per heavy atom. The topological polar surface area (TPSA) is 68.8 Å². The lowest BCUT2D eigenvalue weighted by atomic mass is 10.1. The van der Waals surface area contributed by atoms with E-state index >= 15 is 0 Å². The maximum atomic E-state index is 12.0. The van der Waals surface area contributed by atoms with E-state index in [9.17, 15) is 4.79 Å². The lowest BCUT2D eigenvalue weighted by Gasteiger charge is -2.16. The second kappa shape index (κ2) is 9.47. The molecule has 0 radical (unpaired) electrons. The van der Waals surface area contributed by atoms with Crippen molar-refractivity contribution in [3.05, 3.63) is 17.7 Å². The zero-order valence-corrected chi connectivity index (χ0v) is 14.6. The van der Waals surface area contributed by atoms with E-state index in [2.05, 4.69) is 10.6 Å². The van der Waals surface area contributed by atoms with E-state index in [1.165, 1.54) is 0 Å². The predicted molar refractivity (Wildman–Crippen MR) is 91.1 cm³/mol. The number of hydrogen-bond donors (Lipinski definition) is 2. The van der Waals surface area contributed by atoms with Crippen LogP contribution >= 0.6 is 12.4 Å². The average Bonchev–Trinajstić information content (AvgIpc) is 3.08. The average molecular weight is 345 g/mol. The minimum atomic E-state index is -0.0488. The van der Waals surface area contributed by atoms with Crippen molar-refractivity contribution in [3.63, 3.8) is 0 Å². The maximum Gasteiger partial charge on any atom is 0.237 e. The molecule has 130 valence electrons. The quantitative estimate of drug-likeness (QED) is 0.785. The third-order valence-corrected chi connectivity index (χ3v) is 3.86. The highest BCUT2D eigenvalue weighted by molar-refractivity contribution is 5.85. The van der Waals surface area contributed by atoms with Crippen LogP contribution in [0.25, 0.3) is 0 Å². The SMILES string of the molecule is COc1ccc(CCNC(=O)C2CCCN2)c(OC)c1OC.Cl. The van der Waals surface area contributed by atoms with Crippen LogP contribution in [-0.4, -0.2) is 46.4 Å². The first kappa shape index (κ1) is 19.4. The van der Waals surface area contributed by atoms with Gasteiger partial charge in [0.2, 0.25) is 11.7 Å². The molecule has 1 fully saturated rings. The smallest absolute Gasteiger partial charge is 0.237 e. The van der Waals surface area contributed by atoms with Gasteiger partial charge in [0.1, 0.15) is 0 Å². The van der Waals surface area contributed by atoms with Crippen LogP contribution in [0.1, 0.15) is 18.4 Å². The summed E-state index contributed by atoms with van der Waals surface area (Å²) >= 11 is 0. The molecule has 1 amide bonds. The fraction of sp³-hybridized carbons (Fsp3) is 0.562. The van der Waals surface area contributed by atoms with Gasteiger partial charge in [-0.15, -0.1) is 12.4 Å². The Bertz CT molecular complexity index is 519. The first-order valence-corrected chi connectivity index (χ1v) is 7.50. The molecule has 0 aliphatic carbocycles. The zero-order valence-electron chi connectivity index (χ0n) is 13.8. The van der Waals surface area contributed by atoms with Gasteiger partial charge in [-0.2, -0.15) is 0 Å². The minimum absolute atomic E-state index is 0. The monoisotopic (exact) mass is 344 g/mol. The van der Waals surface area contributed by atoms with E-state index in [1.807, 2.05) is 12.1 Å². The Morgan fingerprint density at radius 3 is 2.52 bits per heavy atom. The van der Waals surface area contributed by atoms with Gasteiger partial charge in [0.15, 0.2) is 11.5 Å². The van der Waals surface area contributed by atoms with E-state index in [0.29, 0.717) is 30.2 Å². The molecule has 23 heavy (non-hydrogen) atoms. The lowest BCUT2D eigenvalue weighted by Crippen LogP contribution is -2.41. The van der Waals surface area contributed by atoms with Crippen molar-refractivity contribution in [3.8, 4) is 17.2 Å². The van der Waals surface area contributed by atoms with E-state index in [0.717, 1.165) is 24.9 Å². The van der Waals surface area contributed by atoms with Crippen LogP contribution in [0.2, 0.25) is 0 Å². The van der Waals surface area contributed by atoms with Crippen molar-refractivity contribution < 1.29 is 19.0 Å².